The second-order valence-corrected chi connectivity index (χ2v) is 3.30. The average molecular weight is 197 g/mol. The van der Waals surface area contributed by atoms with Crippen LogP contribution in [0.5, 0.6) is 0 Å². The van der Waals surface area contributed by atoms with Crippen LogP contribution >= 0.6 is 0 Å². The molecule has 0 aromatic carbocycles. The van der Waals surface area contributed by atoms with E-state index in [0.29, 0.717) is 13.0 Å². The second-order valence-electron chi connectivity index (χ2n) is 3.30. The maximum absolute atomic E-state index is 12.7. The van der Waals surface area contributed by atoms with E-state index in [2.05, 4.69) is 5.32 Å². The van der Waals surface area contributed by atoms with Gasteiger partial charge >= 0.3 is 6.18 Å². The van der Waals surface area contributed by atoms with Crippen LogP contribution in [0.1, 0.15) is 19.3 Å². The molecule has 0 amide bonds. The molecule has 0 bridgehead atoms. The lowest BCUT2D eigenvalue weighted by atomic mass is 9.90. The van der Waals surface area contributed by atoms with Crippen LogP contribution in [-0.2, 0) is 4.74 Å². The van der Waals surface area contributed by atoms with Crippen molar-refractivity contribution in [2.24, 2.45) is 0 Å². The molecule has 1 aliphatic heterocycles. The van der Waals surface area contributed by atoms with Crippen molar-refractivity contribution >= 4 is 0 Å². The molecule has 2 nitrogen and oxygen atoms in total. The monoisotopic (exact) mass is 197 g/mol. The smallest absolute Gasteiger partial charge is 0.381 e. The first kappa shape index (κ1) is 10.8. The molecule has 0 radical (unpaired) electrons. The Morgan fingerprint density at radius 2 is 1.92 bits per heavy atom. The molecule has 5 heteroatoms. The molecule has 0 aliphatic carbocycles. The van der Waals surface area contributed by atoms with Crippen molar-refractivity contribution in [2.45, 2.75) is 31.0 Å². The average Bonchev–Trinajstić information content (AvgIpc) is 2.27. The van der Waals surface area contributed by atoms with Gasteiger partial charge in [0, 0.05) is 13.2 Å². The van der Waals surface area contributed by atoms with Crippen molar-refractivity contribution in [2.75, 3.05) is 20.3 Å². The highest BCUT2D eigenvalue weighted by molar-refractivity contribution is 4.94. The molecule has 1 unspecified atom stereocenters. The number of halogens is 3. The molecule has 0 spiro atoms. The second kappa shape index (κ2) is 3.84. The Labute approximate surface area is 75.4 Å². The van der Waals surface area contributed by atoms with Crippen LogP contribution in [0.4, 0.5) is 13.2 Å². The van der Waals surface area contributed by atoms with E-state index in [1.165, 1.54) is 7.05 Å². The van der Waals surface area contributed by atoms with Gasteiger partial charge in [0.2, 0.25) is 0 Å². The number of hydrogen-bond donors (Lipinski definition) is 1. The summed E-state index contributed by atoms with van der Waals surface area (Å²) in [7, 11) is 1.36. The molecule has 1 fully saturated rings. The molecule has 0 saturated carbocycles. The highest BCUT2D eigenvalue weighted by Gasteiger charge is 2.53. The van der Waals surface area contributed by atoms with Crippen LogP contribution in [0.2, 0.25) is 0 Å². The van der Waals surface area contributed by atoms with Crippen molar-refractivity contribution in [1.82, 2.24) is 5.32 Å². The summed E-state index contributed by atoms with van der Waals surface area (Å²) in [6.07, 6.45) is -3.62. The van der Waals surface area contributed by atoms with Crippen molar-refractivity contribution < 1.29 is 17.9 Å². The van der Waals surface area contributed by atoms with Crippen LogP contribution in [0.3, 0.4) is 0 Å². The first-order valence-corrected chi connectivity index (χ1v) is 4.35. The Hall–Kier alpha value is -0.290. The highest BCUT2D eigenvalue weighted by atomic mass is 19.4. The minimum Gasteiger partial charge on any atom is -0.381 e. The van der Waals surface area contributed by atoms with Crippen molar-refractivity contribution in [1.29, 1.82) is 0 Å². The van der Waals surface area contributed by atoms with Crippen molar-refractivity contribution in [3.63, 3.8) is 0 Å². The Balaban J connectivity index is 2.76. The topological polar surface area (TPSA) is 21.3 Å². The highest BCUT2D eigenvalue weighted by Crippen LogP contribution is 2.37. The third-order valence-electron chi connectivity index (χ3n) is 2.59. The van der Waals surface area contributed by atoms with Crippen molar-refractivity contribution in [3.05, 3.63) is 0 Å². The normalized spacial score (nSPS) is 31.4. The molecule has 1 N–H and O–H groups in total. The Morgan fingerprint density at radius 3 is 2.46 bits per heavy atom. The number of nitrogens with one attached hydrogen (secondary N) is 1. The summed E-state index contributed by atoms with van der Waals surface area (Å²) >= 11 is 0. The quantitative estimate of drug-likeness (QED) is 0.691. The number of alkyl halides is 3. The Kier molecular flexibility index (Phi) is 3.18. The fraction of sp³-hybridized carbons (Fsp3) is 1.00. The zero-order valence-electron chi connectivity index (χ0n) is 7.58. The zero-order valence-corrected chi connectivity index (χ0v) is 7.58. The van der Waals surface area contributed by atoms with Crippen LogP contribution in [-0.4, -0.2) is 32.0 Å². The molecule has 13 heavy (non-hydrogen) atoms. The lowest BCUT2D eigenvalue weighted by Gasteiger charge is -2.34. The molecule has 0 aromatic rings. The Bertz CT molecular complexity index is 161. The number of ether oxygens (including phenoxy) is 1. The molecular formula is C8H14F3NO. The summed E-state index contributed by atoms with van der Waals surface area (Å²) in [5.41, 5.74) is -1.73. The maximum atomic E-state index is 12.7. The molecule has 1 saturated heterocycles. The summed E-state index contributed by atoms with van der Waals surface area (Å²) in [5.74, 6) is 0. The lowest BCUT2D eigenvalue weighted by Crippen LogP contribution is -2.55. The maximum Gasteiger partial charge on any atom is 0.406 e. The van der Waals surface area contributed by atoms with E-state index in [4.69, 9.17) is 4.74 Å². The predicted molar refractivity (Wildman–Crippen MR) is 42.5 cm³/mol. The SMILES string of the molecule is CNC1(C(F)(F)F)CCCOCC1. The first-order valence-electron chi connectivity index (χ1n) is 4.35. The summed E-state index contributed by atoms with van der Waals surface area (Å²) in [5, 5.41) is 2.39. The van der Waals surface area contributed by atoms with Gasteiger partial charge in [0.15, 0.2) is 0 Å². The first-order chi connectivity index (χ1) is 6.02. The number of hydrogen-bond acceptors (Lipinski definition) is 2. The van der Waals surface area contributed by atoms with Crippen LogP contribution in [0.15, 0.2) is 0 Å². The van der Waals surface area contributed by atoms with Gasteiger partial charge in [-0.1, -0.05) is 0 Å². The van der Waals surface area contributed by atoms with Gasteiger partial charge < -0.3 is 10.1 Å². The standard InChI is InChI=1S/C8H14F3NO/c1-12-7(8(9,10)11)3-2-5-13-6-4-7/h12H,2-6H2,1H3. The molecule has 1 atom stereocenters. The predicted octanol–water partition coefficient (Wildman–Crippen LogP) is 1.71. The third-order valence-corrected chi connectivity index (χ3v) is 2.59. The molecule has 1 heterocycles. The van der Waals surface area contributed by atoms with E-state index >= 15 is 0 Å². The minimum atomic E-state index is -4.19. The van der Waals surface area contributed by atoms with Crippen LogP contribution < -0.4 is 5.32 Å². The minimum absolute atomic E-state index is 0.00694. The van der Waals surface area contributed by atoms with Gasteiger partial charge in [-0.25, -0.2) is 0 Å². The molecule has 78 valence electrons. The third kappa shape index (κ3) is 2.14. The van der Waals surface area contributed by atoms with E-state index in [9.17, 15) is 13.2 Å². The molecule has 1 aliphatic rings. The summed E-state index contributed by atoms with van der Waals surface area (Å²) in [4.78, 5) is 0. The summed E-state index contributed by atoms with van der Waals surface area (Å²) in [6.45, 7) is 0.611. The van der Waals surface area contributed by atoms with Gasteiger partial charge in [0.05, 0.1) is 0 Å². The van der Waals surface area contributed by atoms with Gasteiger partial charge in [-0.15, -0.1) is 0 Å². The van der Waals surface area contributed by atoms with Crippen LogP contribution in [0, 0.1) is 0 Å². The van der Waals surface area contributed by atoms with Gasteiger partial charge in [-0.05, 0) is 26.3 Å². The zero-order chi connectivity index (χ0) is 9.95. The van der Waals surface area contributed by atoms with E-state index in [0.717, 1.165) is 0 Å². The van der Waals surface area contributed by atoms with E-state index in [1.807, 2.05) is 0 Å². The fourth-order valence-corrected chi connectivity index (χ4v) is 1.62. The summed E-state index contributed by atoms with van der Waals surface area (Å²) in [6, 6.07) is 0. The van der Waals surface area contributed by atoms with E-state index in [1.54, 1.807) is 0 Å². The van der Waals surface area contributed by atoms with Gasteiger partial charge in [0.25, 0.3) is 0 Å². The molecular weight excluding hydrogens is 183 g/mol. The van der Waals surface area contributed by atoms with Crippen molar-refractivity contribution in [3.8, 4) is 0 Å². The van der Waals surface area contributed by atoms with Gasteiger partial charge in [-0.2, -0.15) is 13.2 Å². The Morgan fingerprint density at radius 1 is 1.23 bits per heavy atom. The summed E-state index contributed by atoms with van der Waals surface area (Å²) < 4.78 is 43.0. The van der Waals surface area contributed by atoms with E-state index < -0.39 is 11.7 Å². The van der Waals surface area contributed by atoms with Gasteiger partial charge in [-0.3, -0.25) is 0 Å². The van der Waals surface area contributed by atoms with E-state index in [-0.39, 0.29) is 19.4 Å². The van der Waals surface area contributed by atoms with Gasteiger partial charge in [0.1, 0.15) is 5.54 Å². The van der Waals surface area contributed by atoms with Crippen LogP contribution in [0.25, 0.3) is 0 Å². The lowest BCUT2D eigenvalue weighted by molar-refractivity contribution is -0.199. The largest absolute Gasteiger partial charge is 0.406 e. The number of rotatable bonds is 1. The fourth-order valence-electron chi connectivity index (χ4n) is 1.62. The molecule has 0 aromatic heterocycles. The molecule has 1 rings (SSSR count).